The van der Waals surface area contributed by atoms with Gasteiger partial charge in [0.2, 0.25) is 0 Å². The normalized spacial score (nSPS) is 15.8. The molecule has 0 fully saturated rings. The van der Waals surface area contributed by atoms with Crippen LogP contribution in [0, 0.1) is 0 Å². The fourth-order valence-electron chi connectivity index (χ4n) is 1.83. The van der Waals surface area contributed by atoms with Crippen molar-refractivity contribution < 1.29 is 4.74 Å². The van der Waals surface area contributed by atoms with Gasteiger partial charge in [-0.15, -0.1) is 0 Å². The number of nitrogens with one attached hydrogen (secondary N) is 1. The van der Waals surface area contributed by atoms with Crippen LogP contribution in [0.4, 0.5) is 0 Å². The summed E-state index contributed by atoms with van der Waals surface area (Å²) in [4.78, 5) is 2.53. The van der Waals surface area contributed by atoms with Crippen LogP contribution in [0.3, 0.4) is 0 Å². The summed E-state index contributed by atoms with van der Waals surface area (Å²) in [5.74, 6) is 0. The Bertz CT molecular complexity index is 162. The molecule has 2 atom stereocenters. The van der Waals surface area contributed by atoms with E-state index in [0.29, 0.717) is 18.1 Å². The lowest BCUT2D eigenvalue weighted by Crippen LogP contribution is -2.47. The second-order valence-corrected chi connectivity index (χ2v) is 4.90. The van der Waals surface area contributed by atoms with E-state index < -0.39 is 0 Å². The van der Waals surface area contributed by atoms with E-state index in [2.05, 4.69) is 44.8 Å². The lowest BCUT2D eigenvalue weighted by atomic mass is 10.1. The number of hydrogen-bond donors (Lipinski definition) is 1. The highest BCUT2D eigenvalue weighted by Gasteiger charge is 2.18. The molecule has 0 radical (unpaired) electrons. The van der Waals surface area contributed by atoms with Crippen LogP contribution in [0.25, 0.3) is 0 Å². The SMILES string of the molecule is CCC(C)N(CCOC)C(C)CNC(C)C. The fourth-order valence-corrected chi connectivity index (χ4v) is 1.83. The Morgan fingerprint density at radius 3 is 2.19 bits per heavy atom. The molecule has 0 aromatic heterocycles. The standard InChI is InChI=1S/C13H30N2O/c1-7-12(4)15(8-9-16-6)13(5)10-14-11(2)3/h11-14H,7-10H2,1-6H3. The molecule has 0 aliphatic carbocycles. The highest BCUT2D eigenvalue weighted by Crippen LogP contribution is 2.08. The number of ether oxygens (including phenoxy) is 1. The summed E-state index contributed by atoms with van der Waals surface area (Å²) in [5.41, 5.74) is 0. The van der Waals surface area contributed by atoms with Crippen molar-refractivity contribution in [2.45, 2.75) is 59.2 Å². The van der Waals surface area contributed by atoms with Gasteiger partial charge in [-0.2, -0.15) is 0 Å². The van der Waals surface area contributed by atoms with E-state index in [4.69, 9.17) is 4.74 Å². The highest BCUT2D eigenvalue weighted by molar-refractivity contribution is 4.75. The second-order valence-electron chi connectivity index (χ2n) is 4.90. The third-order valence-electron chi connectivity index (χ3n) is 3.10. The van der Waals surface area contributed by atoms with E-state index in [1.165, 1.54) is 6.42 Å². The van der Waals surface area contributed by atoms with Gasteiger partial charge < -0.3 is 10.1 Å². The lowest BCUT2D eigenvalue weighted by molar-refractivity contribution is 0.0928. The van der Waals surface area contributed by atoms with Crippen molar-refractivity contribution in [1.82, 2.24) is 10.2 Å². The van der Waals surface area contributed by atoms with Crippen LogP contribution < -0.4 is 5.32 Å². The van der Waals surface area contributed by atoms with Crippen molar-refractivity contribution >= 4 is 0 Å². The first kappa shape index (κ1) is 15.9. The average Bonchev–Trinajstić information content (AvgIpc) is 2.26. The summed E-state index contributed by atoms with van der Waals surface area (Å²) in [6.45, 7) is 14.1. The number of nitrogens with zero attached hydrogens (tertiary/aromatic N) is 1. The Kier molecular flexibility index (Phi) is 8.90. The van der Waals surface area contributed by atoms with Crippen LogP contribution >= 0.6 is 0 Å². The smallest absolute Gasteiger partial charge is 0.0589 e. The van der Waals surface area contributed by atoms with Gasteiger partial charge in [0.05, 0.1) is 6.61 Å². The van der Waals surface area contributed by atoms with Gasteiger partial charge in [-0.05, 0) is 20.3 Å². The van der Waals surface area contributed by atoms with Gasteiger partial charge >= 0.3 is 0 Å². The summed E-state index contributed by atoms with van der Waals surface area (Å²) in [7, 11) is 1.77. The van der Waals surface area contributed by atoms with Crippen molar-refractivity contribution in [3.05, 3.63) is 0 Å². The molecular formula is C13H30N2O. The van der Waals surface area contributed by atoms with Gasteiger partial charge in [0, 0.05) is 38.3 Å². The van der Waals surface area contributed by atoms with E-state index in [-0.39, 0.29) is 0 Å². The third-order valence-corrected chi connectivity index (χ3v) is 3.10. The van der Waals surface area contributed by atoms with E-state index in [0.717, 1.165) is 19.7 Å². The van der Waals surface area contributed by atoms with Crippen molar-refractivity contribution in [1.29, 1.82) is 0 Å². The average molecular weight is 230 g/mol. The molecule has 1 N–H and O–H groups in total. The van der Waals surface area contributed by atoms with Crippen LogP contribution in [0.1, 0.15) is 41.0 Å². The van der Waals surface area contributed by atoms with Gasteiger partial charge in [-0.1, -0.05) is 20.8 Å². The van der Waals surface area contributed by atoms with Crippen LogP contribution in [-0.2, 0) is 4.74 Å². The highest BCUT2D eigenvalue weighted by atomic mass is 16.5. The van der Waals surface area contributed by atoms with Gasteiger partial charge in [-0.25, -0.2) is 0 Å². The van der Waals surface area contributed by atoms with Crippen molar-refractivity contribution in [3.8, 4) is 0 Å². The largest absolute Gasteiger partial charge is 0.383 e. The summed E-state index contributed by atoms with van der Waals surface area (Å²) in [6.07, 6.45) is 1.19. The number of methoxy groups -OCH3 is 1. The molecule has 0 aromatic rings. The third kappa shape index (κ3) is 6.46. The van der Waals surface area contributed by atoms with E-state index >= 15 is 0 Å². The number of rotatable bonds is 9. The van der Waals surface area contributed by atoms with Gasteiger partial charge in [-0.3, -0.25) is 4.90 Å². The zero-order valence-corrected chi connectivity index (χ0v) is 11.9. The first-order valence-electron chi connectivity index (χ1n) is 6.50. The minimum Gasteiger partial charge on any atom is -0.383 e. The first-order chi connectivity index (χ1) is 7.52. The molecule has 0 saturated carbocycles. The van der Waals surface area contributed by atoms with E-state index in [1.807, 2.05) is 0 Å². The molecule has 0 spiro atoms. The topological polar surface area (TPSA) is 24.5 Å². The Balaban J connectivity index is 4.14. The molecular weight excluding hydrogens is 200 g/mol. The molecule has 0 aromatic carbocycles. The lowest BCUT2D eigenvalue weighted by Gasteiger charge is -2.34. The zero-order chi connectivity index (χ0) is 12.6. The van der Waals surface area contributed by atoms with E-state index in [9.17, 15) is 0 Å². The first-order valence-corrected chi connectivity index (χ1v) is 6.50. The molecule has 0 bridgehead atoms. The van der Waals surface area contributed by atoms with Crippen LogP contribution in [0.2, 0.25) is 0 Å². The van der Waals surface area contributed by atoms with Crippen LogP contribution in [0.15, 0.2) is 0 Å². The molecule has 0 aliphatic rings. The monoisotopic (exact) mass is 230 g/mol. The Labute approximate surface area is 102 Å². The van der Waals surface area contributed by atoms with Gasteiger partial charge in [0.1, 0.15) is 0 Å². The molecule has 0 heterocycles. The maximum atomic E-state index is 5.18. The van der Waals surface area contributed by atoms with Gasteiger partial charge in [0.15, 0.2) is 0 Å². The summed E-state index contributed by atoms with van der Waals surface area (Å²) in [5, 5.41) is 3.50. The summed E-state index contributed by atoms with van der Waals surface area (Å²) >= 11 is 0. The van der Waals surface area contributed by atoms with Crippen molar-refractivity contribution in [3.63, 3.8) is 0 Å². The quantitative estimate of drug-likeness (QED) is 0.656. The maximum Gasteiger partial charge on any atom is 0.0589 e. The predicted octanol–water partition coefficient (Wildman–Crippen LogP) is 2.12. The summed E-state index contributed by atoms with van der Waals surface area (Å²) in [6, 6.07) is 1.75. The predicted molar refractivity (Wildman–Crippen MR) is 70.9 cm³/mol. The van der Waals surface area contributed by atoms with Crippen LogP contribution in [0.5, 0.6) is 0 Å². The molecule has 3 heteroatoms. The Morgan fingerprint density at radius 2 is 1.75 bits per heavy atom. The van der Waals surface area contributed by atoms with Gasteiger partial charge in [0.25, 0.3) is 0 Å². The van der Waals surface area contributed by atoms with Crippen molar-refractivity contribution in [2.75, 3.05) is 26.8 Å². The summed E-state index contributed by atoms with van der Waals surface area (Å²) < 4.78 is 5.18. The molecule has 0 aliphatic heterocycles. The maximum absolute atomic E-state index is 5.18. The van der Waals surface area contributed by atoms with Crippen molar-refractivity contribution in [2.24, 2.45) is 0 Å². The fraction of sp³-hybridized carbons (Fsp3) is 1.00. The van der Waals surface area contributed by atoms with E-state index in [1.54, 1.807) is 7.11 Å². The molecule has 0 amide bonds. The molecule has 3 nitrogen and oxygen atoms in total. The number of hydrogen-bond acceptors (Lipinski definition) is 3. The molecule has 2 unspecified atom stereocenters. The minimum atomic E-state index is 0.559. The minimum absolute atomic E-state index is 0.559. The second kappa shape index (κ2) is 8.97. The molecule has 0 rings (SSSR count). The molecule has 16 heavy (non-hydrogen) atoms. The van der Waals surface area contributed by atoms with Crippen LogP contribution in [-0.4, -0.2) is 49.8 Å². The Morgan fingerprint density at radius 1 is 1.12 bits per heavy atom. The molecule has 0 saturated heterocycles. The molecule has 98 valence electrons. The zero-order valence-electron chi connectivity index (χ0n) is 11.9. The Hall–Kier alpha value is -0.120.